The van der Waals surface area contributed by atoms with Crippen molar-refractivity contribution in [2.45, 2.75) is 4.90 Å². The second-order valence-electron chi connectivity index (χ2n) is 3.24. The smallest absolute Gasteiger partial charge is 0.243 e. The Kier molecular flexibility index (Phi) is 3.04. The van der Waals surface area contributed by atoms with Crippen LogP contribution in [0.15, 0.2) is 29.2 Å². The Morgan fingerprint density at radius 2 is 2.00 bits per heavy atom. The Labute approximate surface area is 89.5 Å². The lowest BCUT2D eigenvalue weighted by atomic mass is 10.4. The standard InChI is InChI=1S/C10H12NO3S/c12-15(13,10-4-2-1-3-5-10)11-6-8-14-9-7-11/h1-4H,6-9H2. The van der Waals surface area contributed by atoms with E-state index in [1.54, 1.807) is 24.3 Å². The van der Waals surface area contributed by atoms with Crippen LogP contribution in [0.1, 0.15) is 0 Å². The summed E-state index contributed by atoms with van der Waals surface area (Å²) in [4.78, 5) is 0.229. The van der Waals surface area contributed by atoms with Gasteiger partial charge in [-0.3, -0.25) is 0 Å². The topological polar surface area (TPSA) is 46.6 Å². The predicted molar refractivity (Wildman–Crippen MR) is 54.9 cm³/mol. The molecule has 1 aromatic rings. The maximum Gasteiger partial charge on any atom is 0.243 e. The maximum absolute atomic E-state index is 12.0. The Bertz CT molecular complexity index is 410. The van der Waals surface area contributed by atoms with Gasteiger partial charge in [-0.25, -0.2) is 8.42 Å². The molecule has 81 valence electrons. The van der Waals surface area contributed by atoms with Gasteiger partial charge in [-0.1, -0.05) is 18.2 Å². The zero-order chi connectivity index (χ0) is 10.7. The Morgan fingerprint density at radius 3 is 2.60 bits per heavy atom. The highest BCUT2D eigenvalue weighted by molar-refractivity contribution is 7.89. The predicted octanol–water partition coefficient (Wildman–Crippen LogP) is 0.508. The van der Waals surface area contributed by atoms with Gasteiger partial charge in [0, 0.05) is 19.2 Å². The number of sulfonamides is 1. The van der Waals surface area contributed by atoms with E-state index in [-0.39, 0.29) is 4.90 Å². The molecule has 5 heteroatoms. The fourth-order valence-corrected chi connectivity index (χ4v) is 2.84. The number of hydrogen-bond donors (Lipinski definition) is 0. The maximum atomic E-state index is 12.0. The molecule has 0 atom stereocenters. The molecule has 15 heavy (non-hydrogen) atoms. The molecule has 0 saturated carbocycles. The van der Waals surface area contributed by atoms with E-state index >= 15 is 0 Å². The van der Waals surface area contributed by atoms with Crippen LogP contribution >= 0.6 is 0 Å². The lowest BCUT2D eigenvalue weighted by molar-refractivity contribution is 0.0730. The quantitative estimate of drug-likeness (QED) is 0.738. The van der Waals surface area contributed by atoms with E-state index in [1.165, 1.54) is 4.31 Å². The highest BCUT2D eigenvalue weighted by Gasteiger charge is 2.25. The number of ether oxygens (including phenoxy) is 1. The third kappa shape index (κ3) is 2.19. The van der Waals surface area contributed by atoms with Crippen molar-refractivity contribution in [2.24, 2.45) is 0 Å². The summed E-state index contributed by atoms with van der Waals surface area (Å²) >= 11 is 0. The summed E-state index contributed by atoms with van der Waals surface area (Å²) in [5, 5.41) is 0. The van der Waals surface area contributed by atoms with Crippen molar-refractivity contribution >= 4 is 10.0 Å². The zero-order valence-electron chi connectivity index (χ0n) is 8.22. The van der Waals surface area contributed by atoms with Crippen LogP contribution in [0.25, 0.3) is 0 Å². The van der Waals surface area contributed by atoms with Crippen LogP contribution in [0, 0.1) is 6.07 Å². The monoisotopic (exact) mass is 226 g/mol. The van der Waals surface area contributed by atoms with Crippen LogP contribution in [0.4, 0.5) is 0 Å². The first kappa shape index (κ1) is 10.6. The van der Waals surface area contributed by atoms with Crippen molar-refractivity contribution in [2.75, 3.05) is 26.3 Å². The average molecular weight is 226 g/mol. The highest BCUT2D eigenvalue weighted by Crippen LogP contribution is 2.15. The number of rotatable bonds is 2. The van der Waals surface area contributed by atoms with Crippen LogP contribution in [0.5, 0.6) is 0 Å². The van der Waals surface area contributed by atoms with Gasteiger partial charge >= 0.3 is 0 Å². The zero-order valence-corrected chi connectivity index (χ0v) is 9.03. The van der Waals surface area contributed by atoms with Crippen LogP contribution in [0.2, 0.25) is 0 Å². The molecule has 0 unspecified atom stereocenters. The van der Waals surface area contributed by atoms with E-state index in [0.717, 1.165) is 0 Å². The minimum Gasteiger partial charge on any atom is -0.379 e. The molecule has 0 aliphatic carbocycles. The largest absolute Gasteiger partial charge is 0.379 e. The summed E-state index contributed by atoms with van der Waals surface area (Å²) in [5.74, 6) is 0. The Morgan fingerprint density at radius 1 is 1.27 bits per heavy atom. The summed E-state index contributed by atoms with van der Waals surface area (Å²) in [6.07, 6.45) is 0. The lowest BCUT2D eigenvalue weighted by Gasteiger charge is -2.25. The fourth-order valence-electron chi connectivity index (χ4n) is 1.46. The van der Waals surface area contributed by atoms with E-state index in [1.807, 2.05) is 0 Å². The summed E-state index contributed by atoms with van der Waals surface area (Å²) in [6.45, 7) is 1.77. The summed E-state index contributed by atoms with van der Waals surface area (Å²) in [7, 11) is -3.36. The molecule has 1 aliphatic heterocycles. The van der Waals surface area contributed by atoms with Crippen molar-refractivity contribution in [3.63, 3.8) is 0 Å². The first-order valence-corrected chi connectivity index (χ1v) is 6.20. The number of nitrogens with zero attached hydrogens (tertiary/aromatic N) is 1. The molecule has 0 aromatic heterocycles. The molecule has 1 fully saturated rings. The van der Waals surface area contributed by atoms with E-state index in [2.05, 4.69) is 6.07 Å². The minimum absolute atomic E-state index is 0.229. The molecule has 0 N–H and O–H groups in total. The molecule has 1 aromatic carbocycles. The van der Waals surface area contributed by atoms with Gasteiger partial charge in [-0.05, 0) is 6.07 Å². The van der Waals surface area contributed by atoms with Crippen LogP contribution in [-0.4, -0.2) is 39.0 Å². The Hall–Kier alpha value is -0.910. The van der Waals surface area contributed by atoms with Crippen molar-refractivity contribution in [1.82, 2.24) is 4.31 Å². The third-order valence-electron chi connectivity index (χ3n) is 2.27. The van der Waals surface area contributed by atoms with E-state index in [4.69, 9.17) is 4.74 Å². The summed E-state index contributed by atoms with van der Waals surface area (Å²) < 4.78 is 30.6. The Balaban J connectivity index is 2.26. The van der Waals surface area contributed by atoms with Gasteiger partial charge < -0.3 is 4.74 Å². The summed E-state index contributed by atoms with van der Waals surface area (Å²) in [5.41, 5.74) is 0. The molecule has 4 nitrogen and oxygen atoms in total. The SMILES string of the molecule is O=S(=O)(c1[c]cccc1)N1CCOCC1. The fraction of sp³-hybridized carbons (Fsp3) is 0.400. The molecule has 1 saturated heterocycles. The molecule has 0 spiro atoms. The van der Waals surface area contributed by atoms with Crippen LogP contribution in [0.3, 0.4) is 0 Å². The van der Waals surface area contributed by atoms with E-state index in [0.29, 0.717) is 26.3 Å². The lowest BCUT2D eigenvalue weighted by Crippen LogP contribution is -2.40. The summed E-state index contributed by atoms with van der Waals surface area (Å²) in [6, 6.07) is 9.35. The second kappa shape index (κ2) is 4.30. The van der Waals surface area contributed by atoms with Gasteiger partial charge in [0.05, 0.1) is 18.1 Å². The third-order valence-corrected chi connectivity index (χ3v) is 4.12. The molecule has 2 rings (SSSR count). The minimum atomic E-state index is -3.36. The normalized spacial score (nSPS) is 18.9. The number of benzene rings is 1. The van der Waals surface area contributed by atoms with Crippen molar-refractivity contribution in [3.05, 3.63) is 30.3 Å². The number of morpholine rings is 1. The first-order valence-electron chi connectivity index (χ1n) is 4.76. The van der Waals surface area contributed by atoms with E-state index in [9.17, 15) is 8.42 Å². The molecule has 1 radical (unpaired) electrons. The molecule has 1 heterocycles. The van der Waals surface area contributed by atoms with Gasteiger partial charge in [0.2, 0.25) is 10.0 Å². The number of hydrogen-bond acceptors (Lipinski definition) is 3. The van der Waals surface area contributed by atoms with Gasteiger partial charge in [0.15, 0.2) is 0 Å². The van der Waals surface area contributed by atoms with Crippen molar-refractivity contribution in [3.8, 4) is 0 Å². The molecule has 1 aliphatic rings. The van der Waals surface area contributed by atoms with Crippen LogP contribution < -0.4 is 0 Å². The highest BCUT2D eigenvalue weighted by atomic mass is 32.2. The molecule has 0 bridgehead atoms. The molecular formula is C10H12NO3S. The van der Waals surface area contributed by atoms with Gasteiger partial charge in [0.25, 0.3) is 0 Å². The molecular weight excluding hydrogens is 214 g/mol. The molecule has 0 amide bonds. The van der Waals surface area contributed by atoms with Crippen molar-refractivity contribution < 1.29 is 13.2 Å². The van der Waals surface area contributed by atoms with Crippen LogP contribution in [-0.2, 0) is 14.8 Å². The first-order chi connectivity index (χ1) is 7.21. The van der Waals surface area contributed by atoms with Gasteiger partial charge in [-0.15, -0.1) is 0 Å². The van der Waals surface area contributed by atoms with Crippen molar-refractivity contribution in [1.29, 1.82) is 0 Å². The van der Waals surface area contributed by atoms with Gasteiger partial charge in [-0.2, -0.15) is 4.31 Å². The average Bonchev–Trinajstić information content (AvgIpc) is 2.31. The van der Waals surface area contributed by atoms with E-state index < -0.39 is 10.0 Å². The second-order valence-corrected chi connectivity index (χ2v) is 5.15. The van der Waals surface area contributed by atoms with Gasteiger partial charge in [0.1, 0.15) is 0 Å².